The van der Waals surface area contributed by atoms with E-state index in [2.05, 4.69) is 5.32 Å². The molecule has 0 bridgehead atoms. The largest absolute Gasteiger partial charge is 0.493 e. The molecule has 1 aliphatic carbocycles. The quantitative estimate of drug-likeness (QED) is 0.868. The van der Waals surface area contributed by atoms with Gasteiger partial charge in [-0.05, 0) is 37.0 Å². The van der Waals surface area contributed by atoms with E-state index in [9.17, 15) is 4.79 Å². The Hall–Kier alpha value is -1.75. The first-order chi connectivity index (χ1) is 10.1. The topological polar surface area (TPSA) is 73.6 Å². The fourth-order valence-electron chi connectivity index (χ4n) is 2.79. The Kier molecular flexibility index (Phi) is 5.44. The second-order valence-electron chi connectivity index (χ2n) is 5.53. The number of nitrogens with one attached hydrogen (secondary N) is 1. The predicted molar refractivity (Wildman–Crippen MR) is 81.3 cm³/mol. The first-order valence-electron chi connectivity index (χ1n) is 7.38. The van der Waals surface area contributed by atoms with Crippen LogP contribution in [0.4, 0.5) is 0 Å². The van der Waals surface area contributed by atoms with Gasteiger partial charge < -0.3 is 20.5 Å². The van der Waals surface area contributed by atoms with Gasteiger partial charge in [-0.3, -0.25) is 4.79 Å². The highest BCUT2D eigenvalue weighted by Gasteiger charge is 2.24. The number of carbonyl (C=O) groups excluding carboxylic acids is 1. The fraction of sp³-hybridized carbons (Fsp3) is 0.562. The third-order valence-corrected chi connectivity index (χ3v) is 4.00. The number of carbonyl (C=O) groups is 1. The molecule has 21 heavy (non-hydrogen) atoms. The second-order valence-corrected chi connectivity index (χ2v) is 5.53. The first-order valence-corrected chi connectivity index (χ1v) is 7.38. The maximum Gasteiger partial charge on any atom is 0.223 e. The number of hydrogen-bond donors (Lipinski definition) is 2. The maximum absolute atomic E-state index is 12.2. The van der Waals surface area contributed by atoms with Gasteiger partial charge in [-0.1, -0.05) is 12.5 Å². The summed E-state index contributed by atoms with van der Waals surface area (Å²) in [4.78, 5) is 12.2. The normalized spacial score (nSPS) is 21.7. The molecule has 0 heterocycles. The van der Waals surface area contributed by atoms with Crippen LogP contribution in [0.2, 0.25) is 0 Å². The van der Waals surface area contributed by atoms with Gasteiger partial charge in [0.1, 0.15) is 0 Å². The van der Waals surface area contributed by atoms with Crippen molar-refractivity contribution in [2.45, 2.75) is 38.3 Å². The third-order valence-electron chi connectivity index (χ3n) is 4.00. The second kappa shape index (κ2) is 7.31. The zero-order valence-corrected chi connectivity index (χ0v) is 12.7. The highest BCUT2D eigenvalue weighted by Crippen LogP contribution is 2.28. The van der Waals surface area contributed by atoms with Crippen molar-refractivity contribution in [2.24, 2.45) is 11.7 Å². The molecule has 1 amide bonds. The van der Waals surface area contributed by atoms with E-state index in [0.29, 0.717) is 18.0 Å². The Balaban J connectivity index is 1.91. The monoisotopic (exact) mass is 292 g/mol. The molecular weight excluding hydrogens is 268 g/mol. The van der Waals surface area contributed by atoms with Crippen molar-refractivity contribution in [3.63, 3.8) is 0 Å². The van der Waals surface area contributed by atoms with Crippen LogP contribution >= 0.6 is 0 Å². The molecule has 0 spiro atoms. The minimum atomic E-state index is 0.0499. The number of nitrogens with two attached hydrogens (primary N) is 1. The predicted octanol–water partition coefficient (Wildman–Crippen LogP) is 1.84. The number of methoxy groups -OCH3 is 2. The van der Waals surface area contributed by atoms with Crippen LogP contribution in [0.3, 0.4) is 0 Å². The molecule has 5 nitrogen and oxygen atoms in total. The van der Waals surface area contributed by atoms with E-state index >= 15 is 0 Å². The van der Waals surface area contributed by atoms with Gasteiger partial charge in [0.05, 0.1) is 14.2 Å². The minimum absolute atomic E-state index is 0.0499. The molecule has 3 N–H and O–H groups in total. The van der Waals surface area contributed by atoms with Crippen LogP contribution in [0.5, 0.6) is 11.5 Å². The van der Waals surface area contributed by atoms with E-state index in [1.54, 1.807) is 14.2 Å². The molecule has 2 rings (SSSR count). The molecule has 0 radical (unpaired) electrons. The molecule has 0 aromatic heterocycles. The first kappa shape index (κ1) is 15.6. The van der Waals surface area contributed by atoms with Crippen LogP contribution in [-0.4, -0.2) is 26.2 Å². The number of ether oxygens (including phenoxy) is 2. The van der Waals surface area contributed by atoms with Gasteiger partial charge in [0, 0.05) is 18.5 Å². The minimum Gasteiger partial charge on any atom is -0.493 e. The highest BCUT2D eigenvalue weighted by atomic mass is 16.5. The van der Waals surface area contributed by atoms with Crippen molar-refractivity contribution in [1.82, 2.24) is 5.32 Å². The SMILES string of the molecule is COc1ccc(CNC(=O)C2CCCC(N)C2)cc1OC. The zero-order valence-electron chi connectivity index (χ0n) is 12.7. The number of benzene rings is 1. The third kappa shape index (κ3) is 4.11. The summed E-state index contributed by atoms with van der Waals surface area (Å²) in [6, 6.07) is 5.81. The Bertz CT molecular complexity index is 490. The lowest BCUT2D eigenvalue weighted by Gasteiger charge is -2.25. The summed E-state index contributed by atoms with van der Waals surface area (Å²) in [6.07, 6.45) is 3.79. The average Bonchev–Trinajstić information content (AvgIpc) is 2.52. The van der Waals surface area contributed by atoms with Crippen LogP contribution in [-0.2, 0) is 11.3 Å². The van der Waals surface area contributed by atoms with Crippen molar-refractivity contribution < 1.29 is 14.3 Å². The van der Waals surface area contributed by atoms with Gasteiger partial charge in [0.2, 0.25) is 5.91 Å². The van der Waals surface area contributed by atoms with E-state index in [1.807, 2.05) is 18.2 Å². The number of hydrogen-bond acceptors (Lipinski definition) is 4. The van der Waals surface area contributed by atoms with Crippen molar-refractivity contribution in [3.05, 3.63) is 23.8 Å². The van der Waals surface area contributed by atoms with Crippen LogP contribution in [0, 0.1) is 5.92 Å². The standard InChI is InChI=1S/C16H24N2O3/c1-20-14-7-6-11(8-15(14)21-2)10-18-16(19)12-4-3-5-13(17)9-12/h6-8,12-13H,3-5,9-10,17H2,1-2H3,(H,18,19). The van der Waals surface area contributed by atoms with Crippen molar-refractivity contribution in [1.29, 1.82) is 0 Å². The molecule has 116 valence electrons. The van der Waals surface area contributed by atoms with Crippen molar-refractivity contribution >= 4 is 5.91 Å². The smallest absolute Gasteiger partial charge is 0.223 e. The van der Waals surface area contributed by atoms with Crippen molar-refractivity contribution in [3.8, 4) is 11.5 Å². The van der Waals surface area contributed by atoms with E-state index < -0.39 is 0 Å². The molecular formula is C16H24N2O3. The van der Waals surface area contributed by atoms with E-state index in [1.165, 1.54) is 0 Å². The Morgan fingerprint density at radius 3 is 2.71 bits per heavy atom. The van der Waals surface area contributed by atoms with Gasteiger partial charge in [-0.2, -0.15) is 0 Å². The summed E-state index contributed by atoms with van der Waals surface area (Å²) in [5.74, 6) is 1.50. The summed E-state index contributed by atoms with van der Waals surface area (Å²) >= 11 is 0. The molecule has 1 saturated carbocycles. The highest BCUT2D eigenvalue weighted by molar-refractivity contribution is 5.78. The van der Waals surface area contributed by atoms with Gasteiger partial charge in [-0.15, -0.1) is 0 Å². The van der Waals surface area contributed by atoms with Crippen LogP contribution in [0.1, 0.15) is 31.2 Å². The van der Waals surface area contributed by atoms with Crippen LogP contribution in [0.15, 0.2) is 18.2 Å². The van der Waals surface area contributed by atoms with Crippen LogP contribution in [0.25, 0.3) is 0 Å². The average molecular weight is 292 g/mol. The van der Waals surface area contributed by atoms with Gasteiger partial charge in [0.15, 0.2) is 11.5 Å². The Morgan fingerprint density at radius 2 is 2.05 bits per heavy atom. The zero-order chi connectivity index (χ0) is 15.2. The number of rotatable bonds is 5. The molecule has 1 aliphatic rings. The molecule has 1 fully saturated rings. The van der Waals surface area contributed by atoms with E-state index in [-0.39, 0.29) is 17.9 Å². The van der Waals surface area contributed by atoms with Crippen molar-refractivity contribution in [2.75, 3.05) is 14.2 Å². The summed E-state index contributed by atoms with van der Waals surface area (Å²) in [5, 5.41) is 2.99. The summed E-state index contributed by atoms with van der Waals surface area (Å²) in [7, 11) is 3.20. The van der Waals surface area contributed by atoms with E-state index in [0.717, 1.165) is 31.2 Å². The van der Waals surface area contributed by atoms with E-state index in [4.69, 9.17) is 15.2 Å². The lowest BCUT2D eigenvalue weighted by atomic mass is 9.85. The molecule has 1 aromatic carbocycles. The molecule has 0 saturated heterocycles. The van der Waals surface area contributed by atoms with Gasteiger partial charge in [-0.25, -0.2) is 0 Å². The lowest BCUT2D eigenvalue weighted by molar-refractivity contribution is -0.126. The molecule has 2 atom stereocenters. The summed E-state index contributed by atoms with van der Waals surface area (Å²) < 4.78 is 10.5. The maximum atomic E-state index is 12.2. The Morgan fingerprint density at radius 1 is 1.29 bits per heavy atom. The summed E-state index contributed by atoms with van der Waals surface area (Å²) in [6.45, 7) is 0.491. The molecule has 2 unspecified atom stereocenters. The van der Waals surface area contributed by atoms with Gasteiger partial charge in [0.25, 0.3) is 0 Å². The van der Waals surface area contributed by atoms with Crippen LogP contribution < -0.4 is 20.5 Å². The lowest BCUT2D eigenvalue weighted by Crippen LogP contribution is -2.37. The molecule has 0 aliphatic heterocycles. The summed E-state index contributed by atoms with van der Waals surface area (Å²) in [5.41, 5.74) is 6.92. The molecule has 5 heteroatoms. The number of amides is 1. The fourth-order valence-corrected chi connectivity index (χ4v) is 2.79. The molecule has 1 aromatic rings. The van der Waals surface area contributed by atoms with Gasteiger partial charge >= 0.3 is 0 Å². The Labute approximate surface area is 125 Å².